The Morgan fingerprint density at radius 3 is 2.22 bits per heavy atom. The lowest BCUT2D eigenvalue weighted by molar-refractivity contribution is -0.0663. The fraction of sp³-hybridized carbons (Fsp3) is 0.947. The van der Waals surface area contributed by atoms with Crippen LogP contribution in [0.2, 0.25) is 18.1 Å². The molecule has 1 fully saturated rings. The molecule has 0 unspecified atom stereocenters. The summed E-state index contributed by atoms with van der Waals surface area (Å²) in [7, 11) is -0.244. The van der Waals surface area contributed by atoms with Crippen LogP contribution in [0.1, 0.15) is 60.8 Å². The zero-order valence-corrected chi connectivity index (χ0v) is 19.8. The Labute approximate surface area is 169 Å². The maximum absolute atomic E-state index is 12.7. The van der Waals surface area contributed by atoms with Crippen molar-refractivity contribution in [2.75, 3.05) is 20.1 Å². The lowest BCUT2D eigenvalue weighted by Crippen LogP contribution is -2.45. The van der Waals surface area contributed by atoms with E-state index in [9.17, 15) is 10.0 Å². The molecule has 0 spiro atoms. The van der Waals surface area contributed by atoms with E-state index in [1.807, 2.05) is 25.7 Å². The van der Waals surface area contributed by atoms with E-state index in [0.29, 0.717) is 13.1 Å². The molecule has 0 aromatic heterocycles. The minimum Gasteiger partial charge on any atom is -0.444 e. The maximum atomic E-state index is 12.7. The average molecular weight is 399 g/mol. The quantitative estimate of drug-likeness (QED) is 0.538. The van der Waals surface area contributed by atoms with Crippen LogP contribution < -0.4 is 0 Å². The Bertz CT molecular complexity index is 475. The van der Waals surface area contributed by atoms with Gasteiger partial charge in [0.2, 0.25) is 0 Å². The number of nitrogens with zero attached hydrogens (tertiary/aromatic N) is 2. The van der Waals surface area contributed by atoms with Gasteiger partial charge in [-0.1, -0.05) is 20.8 Å². The highest BCUT2D eigenvalue weighted by Crippen LogP contribution is 2.39. The standard InChI is InChI=1S/C19H40N2O4Si.B/c1-18(2,3)24-17(22)21-14-16(25-26(8,9)19(4,5)6)13-15(21)11-10-12-20(7)23;/h15-16,23H,10-14H2,1-9H3;/t15-,16+;/m0./s1. The highest BCUT2D eigenvalue weighted by atomic mass is 28.4. The van der Waals surface area contributed by atoms with Gasteiger partial charge in [-0.05, 0) is 58.2 Å². The van der Waals surface area contributed by atoms with Crippen molar-refractivity contribution in [1.82, 2.24) is 9.96 Å². The largest absolute Gasteiger partial charge is 0.444 e. The van der Waals surface area contributed by atoms with Gasteiger partial charge in [-0.2, -0.15) is 5.06 Å². The van der Waals surface area contributed by atoms with Crippen LogP contribution in [0.25, 0.3) is 0 Å². The Hall–Kier alpha value is -0.568. The first kappa shape index (κ1) is 26.4. The predicted molar refractivity (Wildman–Crippen MR) is 113 cm³/mol. The molecule has 6 nitrogen and oxygen atoms in total. The van der Waals surface area contributed by atoms with Crippen LogP contribution in [0.15, 0.2) is 0 Å². The van der Waals surface area contributed by atoms with Crippen molar-refractivity contribution in [3.05, 3.63) is 0 Å². The second-order valence-electron chi connectivity index (χ2n) is 10.0. The molecule has 2 atom stereocenters. The molecule has 8 heteroatoms. The molecule has 0 bridgehead atoms. The first-order chi connectivity index (χ1) is 11.6. The summed E-state index contributed by atoms with van der Waals surface area (Å²) in [4.78, 5) is 14.5. The third kappa shape index (κ3) is 8.54. The molecular weight excluding hydrogens is 359 g/mol. The number of hydrogen-bond donors (Lipinski definition) is 1. The van der Waals surface area contributed by atoms with Gasteiger partial charge in [-0.25, -0.2) is 4.79 Å². The van der Waals surface area contributed by atoms with Crippen LogP contribution in [-0.4, -0.2) is 75.9 Å². The molecule has 0 aromatic rings. The van der Waals surface area contributed by atoms with Gasteiger partial charge in [0.25, 0.3) is 0 Å². The van der Waals surface area contributed by atoms with Crippen molar-refractivity contribution in [3.63, 3.8) is 0 Å². The van der Waals surface area contributed by atoms with E-state index in [-0.39, 0.29) is 31.7 Å². The van der Waals surface area contributed by atoms with Crippen LogP contribution in [0.4, 0.5) is 4.79 Å². The molecular formula is C19H40BN2O4Si. The fourth-order valence-electron chi connectivity index (χ4n) is 2.93. The van der Waals surface area contributed by atoms with Gasteiger partial charge in [0.05, 0.1) is 6.10 Å². The maximum Gasteiger partial charge on any atom is 0.410 e. The molecule has 1 amide bonds. The Morgan fingerprint density at radius 1 is 1.22 bits per heavy atom. The highest BCUT2D eigenvalue weighted by Gasteiger charge is 2.44. The molecule has 1 heterocycles. The summed E-state index contributed by atoms with van der Waals surface area (Å²) in [5, 5.41) is 10.7. The lowest BCUT2D eigenvalue weighted by Gasteiger charge is -2.38. The van der Waals surface area contributed by atoms with Crippen molar-refractivity contribution in [1.29, 1.82) is 0 Å². The van der Waals surface area contributed by atoms with E-state index in [1.54, 1.807) is 7.05 Å². The zero-order chi connectivity index (χ0) is 20.3. The lowest BCUT2D eigenvalue weighted by atomic mass is 10.1. The first-order valence-electron chi connectivity index (χ1n) is 9.70. The molecule has 1 rings (SSSR count). The van der Waals surface area contributed by atoms with Gasteiger partial charge in [-0.15, -0.1) is 0 Å². The van der Waals surface area contributed by atoms with Gasteiger partial charge >= 0.3 is 6.09 Å². The molecule has 0 aliphatic carbocycles. The summed E-state index contributed by atoms with van der Waals surface area (Å²) < 4.78 is 12.2. The second-order valence-corrected chi connectivity index (χ2v) is 14.8. The first-order valence-corrected chi connectivity index (χ1v) is 12.6. The van der Waals surface area contributed by atoms with Crippen LogP contribution >= 0.6 is 0 Å². The predicted octanol–water partition coefficient (Wildman–Crippen LogP) is 4.11. The van der Waals surface area contributed by atoms with Crippen molar-refractivity contribution in [2.24, 2.45) is 0 Å². The molecule has 1 aliphatic rings. The van der Waals surface area contributed by atoms with Crippen LogP contribution in [0, 0.1) is 0 Å². The fourth-order valence-corrected chi connectivity index (χ4v) is 4.28. The summed E-state index contributed by atoms with van der Waals surface area (Å²) in [6, 6.07) is 0.0968. The average Bonchev–Trinajstić information content (AvgIpc) is 2.77. The smallest absolute Gasteiger partial charge is 0.410 e. The molecule has 0 aromatic carbocycles. The molecule has 1 aliphatic heterocycles. The van der Waals surface area contributed by atoms with Crippen LogP contribution in [0.3, 0.4) is 0 Å². The monoisotopic (exact) mass is 399 g/mol. The minimum absolute atomic E-state index is 0. The minimum atomic E-state index is -1.89. The second kappa shape index (κ2) is 9.76. The topological polar surface area (TPSA) is 62.2 Å². The summed E-state index contributed by atoms with van der Waals surface area (Å²) >= 11 is 0. The number of carbonyl (C=O) groups excluding carboxylic acids is 1. The van der Waals surface area contributed by atoms with Gasteiger partial charge < -0.3 is 19.3 Å². The number of hydroxylamine groups is 2. The van der Waals surface area contributed by atoms with Gasteiger partial charge in [0, 0.05) is 34.6 Å². The zero-order valence-electron chi connectivity index (χ0n) is 18.8. The number of ether oxygens (including phenoxy) is 1. The van der Waals surface area contributed by atoms with Crippen molar-refractivity contribution >= 4 is 22.8 Å². The van der Waals surface area contributed by atoms with E-state index in [1.165, 1.54) is 5.06 Å². The van der Waals surface area contributed by atoms with E-state index < -0.39 is 13.9 Å². The molecule has 1 N–H and O–H groups in total. The van der Waals surface area contributed by atoms with Crippen molar-refractivity contribution in [2.45, 2.75) is 96.7 Å². The highest BCUT2D eigenvalue weighted by molar-refractivity contribution is 6.74. The van der Waals surface area contributed by atoms with Crippen molar-refractivity contribution < 1.29 is 19.2 Å². The summed E-state index contributed by atoms with van der Waals surface area (Å²) in [6.07, 6.45) is 2.29. The summed E-state index contributed by atoms with van der Waals surface area (Å²) in [6.45, 7) is 18.0. The van der Waals surface area contributed by atoms with Crippen LogP contribution in [0.5, 0.6) is 0 Å². The summed E-state index contributed by atoms with van der Waals surface area (Å²) in [5.41, 5.74) is -0.509. The number of rotatable bonds is 6. The SMILES string of the molecule is CN(O)CCC[C@H]1C[C@@H](O[Si](C)(C)C(C)(C)C)CN1C(=O)OC(C)(C)C.[B]. The van der Waals surface area contributed by atoms with E-state index >= 15 is 0 Å². The number of hydrogen-bond acceptors (Lipinski definition) is 5. The number of likely N-dealkylation sites (tertiary alicyclic amines) is 1. The van der Waals surface area contributed by atoms with Crippen LogP contribution in [-0.2, 0) is 9.16 Å². The molecule has 27 heavy (non-hydrogen) atoms. The third-order valence-electron chi connectivity index (χ3n) is 5.29. The van der Waals surface area contributed by atoms with Gasteiger partial charge in [0.1, 0.15) is 5.60 Å². The molecule has 157 valence electrons. The Balaban J connectivity index is 0.00000676. The normalized spacial score (nSPS) is 21.4. The van der Waals surface area contributed by atoms with Gasteiger partial charge in [-0.3, -0.25) is 0 Å². The van der Waals surface area contributed by atoms with Crippen molar-refractivity contribution in [3.8, 4) is 0 Å². The molecule has 0 saturated carbocycles. The van der Waals surface area contributed by atoms with Gasteiger partial charge in [0.15, 0.2) is 8.32 Å². The third-order valence-corrected chi connectivity index (χ3v) is 9.83. The summed E-state index contributed by atoms with van der Waals surface area (Å²) in [5.74, 6) is 0. The van der Waals surface area contributed by atoms with E-state index in [2.05, 4.69) is 33.9 Å². The molecule has 3 radical (unpaired) electrons. The number of carbonyl (C=O) groups is 1. The number of amides is 1. The van der Waals surface area contributed by atoms with E-state index in [0.717, 1.165) is 19.3 Å². The van der Waals surface area contributed by atoms with E-state index in [4.69, 9.17) is 9.16 Å². The Morgan fingerprint density at radius 2 is 1.78 bits per heavy atom. The Kier molecular flexibility index (Phi) is 9.56. The molecule has 1 saturated heterocycles.